The summed E-state index contributed by atoms with van der Waals surface area (Å²) < 4.78 is 11.3. The molecule has 0 fully saturated rings. The number of amides is 1. The lowest BCUT2D eigenvalue weighted by atomic mass is 9.99. The van der Waals surface area contributed by atoms with Crippen LogP contribution in [-0.2, 0) is 4.79 Å². The average molecular weight is 379 g/mol. The van der Waals surface area contributed by atoms with Crippen molar-refractivity contribution in [2.24, 2.45) is 5.10 Å². The fraction of sp³-hybridized carbons (Fsp3) is 0.294. The first-order valence-electron chi connectivity index (χ1n) is 7.38. The number of nitrogens with one attached hydrogen (secondary N) is 1. The molecule has 5 nitrogen and oxygen atoms in total. The van der Waals surface area contributed by atoms with E-state index in [-0.39, 0.29) is 12.5 Å². The fourth-order valence-electron chi connectivity index (χ4n) is 1.87. The zero-order valence-electron chi connectivity index (χ0n) is 13.1. The minimum absolute atomic E-state index is 0.0954. The fourth-order valence-corrected chi connectivity index (χ4v) is 2.19. The Morgan fingerprint density at radius 3 is 2.70 bits per heavy atom. The lowest BCUT2D eigenvalue weighted by molar-refractivity contribution is -0.123. The number of rotatable bonds is 7. The lowest BCUT2D eigenvalue weighted by Gasteiger charge is -2.10. The third-order valence-electron chi connectivity index (χ3n) is 3.41. The SMILES string of the molecule is CC[C@H](C)c1ccc(OCC(=O)N/N=C\c2ccc(Br)o2)cc1. The van der Waals surface area contributed by atoms with Crippen LogP contribution in [0.25, 0.3) is 0 Å². The van der Waals surface area contributed by atoms with Crippen molar-refractivity contribution >= 4 is 28.1 Å². The van der Waals surface area contributed by atoms with Gasteiger partial charge in [-0.25, -0.2) is 5.43 Å². The van der Waals surface area contributed by atoms with Crippen molar-refractivity contribution in [3.05, 3.63) is 52.4 Å². The Bertz CT molecular complexity index is 665. The summed E-state index contributed by atoms with van der Waals surface area (Å²) in [5.74, 6) is 1.38. The number of halogens is 1. The Kier molecular flexibility index (Phi) is 6.40. The van der Waals surface area contributed by atoms with Crippen LogP contribution in [0.4, 0.5) is 0 Å². The van der Waals surface area contributed by atoms with Gasteiger partial charge in [0.15, 0.2) is 11.3 Å². The van der Waals surface area contributed by atoms with Crippen molar-refractivity contribution < 1.29 is 13.9 Å². The number of ether oxygens (including phenoxy) is 1. The molecule has 1 N–H and O–H groups in total. The van der Waals surface area contributed by atoms with Gasteiger partial charge in [-0.1, -0.05) is 26.0 Å². The number of benzene rings is 1. The monoisotopic (exact) mass is 378 g/mol. The van der Waals surface area contributed by atoms with Gasteiger partial charge in [-0.3, -0.25) is 4.79 Å². The van der Waals surface area contributed by atoms with E-state index in [0.29, 0.717) is 22.1 Å². The van der Waals surface area contributed by atoms with Gasteiger partial charge in [0.25, 0.3) is 5.91 Å². The standard InChI is InChI=1S/C17H19BrN2O3/c1-3-12(2)13-4-6-14(7-5-13)22-11-17(21)20-19-10-15-8-9-16(18)23-15/h4-10,12H,3,11H2,1-2H3,(H,20,21)/b19-10-/t12-/m0/s1. The van der Waals surface area contributed by atoms with Crippen LogP contribution in [0.15, 0.2) is 50.6 Å². The van der Waals surface area contributed by atoms with Gasteiger partial charge in [0.05, 0.1) is 6.21 Å². The Morgan fingerprint density at radius 2 is 2.09 bits per heavy atom. The molecule has 2 rings (SSSR count). The number of carbonyl (C=O) groups is 1. The third kappa shape index (κ3) is 5.56. The summed E-state index contributed by atoms with van der Waals surface area (Å²) in [4.78, 5) is 11.6. The molecule has 1 aromatic carbocycles. The number of hydrogen-bond donors (Lipinski definition) is 1. The van der Waals surface area contributed by atoms with Crippen LogP contribution >= 0.6 is 15.9 Å². The third-order valence-corrected chi connectivity index (χ3v) is 3.83. The summed E-state index contributed by atoms with van der Waals surface area (Å²) in [6.45, 7) is 4.24. The summed E-state index contributed by atoms with van der Waals surface area (Å²) in [6, 6.07) is 11.3. The Morgan fingerprint density at radius 1 is 1.35 bits per heavy atom. The highest BCUT2D eigenvalue weighted by Crippen LogP contribution is 2.21. The minimum Gasteiger partial charge on any atom is -0.484 e. The van der Waals surface area contributed by atoms with Crippen molar-refractivity contribution in [3.63, 3.8) is 0 Å². The van der Waals surface area contributed by atoms with Crippen LogP contribution in [0, 0.1) is 0 Å². The van der Waals surface area contributed by atoms with Crippen LogP contribution in [-0.4, -0.2) is 18.7 Å². The van der Waals surface area contributed by atoms with Gasteiger partial charge in [-0.2, -0.15) is 5.10 Å². The van der Waals surface area contributed by atoms with E-state index in [2.05, 4.69) is 40.3 Å². The molecule has 0 spiro atoms. The molecule has 6 heteroatoms. The summed E-state index contributed by atoms with van der Waals surface area (Å²) in [7, 11) is 0. The van der Waals surface area contributed by atoms with Gasteiger partial charge < -0.3 is 9.15 Å². The number of hydrogen-bond acceptors (Lipinski definition) is 4. The van der Waals surface area contributed by atoms with Crippen molar-refractivity contribution in [1.29, 1.82) is 0 Å². The molecule has 2 aromatic rings. The highest BCUT2D eigenvalue weighted by Gasteiger charge is 2.05. The maximum atomic E-state index is 11.6. The maximum absolute atomic E-state index is 11.6. The predicted molar refractivity (Wildman–Crippen MR) is 92.8 cm³/mol. The second kappa shape index (κ2) is 8.53. The molecular formula is C17H19BrN2O3. The molecule has 1 heterocycles. The highest BCUT2D eigenvalue weighted by molar-refractivity contribution is 9.10. The van der Waals surface area contributed by atoms with Gasteiger partial charge in [-0.15, -0.1) is 0 Å². The molecule has 0 saturated carbocycles. The average Bonchev–Trinajstić information content (AvgIpc) is 2.98. The van der Waals surface area contributed by atoms with Gasteiger partial charge >= 0.3 is 0 Å². The van der Waals surface area contributed by atoms with E-state index in [9.17, 15) is 4.79 Å². The minimum atomic E-state index is -0.335. The zero-order valence-corrected chi connectivity index (χ0v) is 14.7. The van der Waals surface area contributed by atoms with E-state index in [1.165, 1.54) is 11.8 Å². The van der Waals surface area contributed by atoms with E-state index in [0.717, 1.165) is 6.42 Å². The van der Waals surface area contributed by atoms with Crippen molar-refractivity contribution in [2.75, 3.05) is 6.61 Å². The van der Waals surface area contributed by atoms with Gasteiger partial charge in [-0.05, 0) is 58.1 Å². The number of carbonyl (C=O) groups excluding carboxylic acids is 1. The number of nitrogens with zero attached hydrogens (tertiary/aromatic N) is 1. The lowest BCUT2D eigenvalue weighted by Crippen LogP contribution is -2.24. The molecule has 0 aliphatic carbocycles. The van der Waals surface area contributed by atoms with Crippen LogP contribution in [0.3, 0.4) is 0 Å². The van der Waals surface area contributed by atoms with E-state index in [1.807, 2.05) is 24.3 Å². The molecule has 122 valence electrons. The van der Waals surface area contributed by atoms with Crippen LogP contribution in [0.1, 0.15) is 37.5 Å². The molecule has 0 saturated heterocycles. The molecule has 0 aliphatic heterocycles. The Labute approximate surface area is 143 Å². The van der Waals surface area contributed by atoms with E-state index in [1.54, 1.807) is 12.1 Å². The first kappa shape index (κ1) is 17.3. The van der Waals surface area contributed by atoms with E-state index >= 15 is 0 Å². The van der Waals surface area contributed by atoms with Crippen LogP contribution in [0.2, 0.25) is 0 Å². The molecule has 1 aromatic heterocycles. The van der Waals surface area contributed by atoms with Crippen molar-refractivity contribution in [3.8, 4) is 5.75 Å². The molecule has 0 radical (unpaired) electrons. The molecule has 0 aliphatic rings. The first-order chi connectivity index (χ1) is 11.1. The quantitative estimate of drug-likeness (QED) is 0.582. The largest absolute Gasteiger partial charge is 0.484 e. The molecule has 1 amide bonds. The summed E-state index contributed by atoms with van der Waals surface area (Å²) >= 11 is 3.19. The van der Waals surface area contributed by atoms with Crippen LogP contribution < -0.4 is 10.2 Å². The summed E-state index contributed by atoms with van der Waals surface area (Å²) in [5, 5.41) is 3.80. The number of furan rings is 1. The van der Waals surface area contributed by atoms with Crippen molar-refractivity contribution in [1.82, 2.24) is 5.43 Å². The summed E-state index contributed by atoms with van der Waals surface area (Å²) in [6.07, 6.45) is 2.51. The van der Waals surface area contributed by atoms with E-state index < -0.39 is 0 Å². The van der Waals surface area contributed by atoms with Gasteiger partial charge in [0.2, 0.25) is 0 Å². The van der Waals surface area contributed by atoms with Gasteiger partial charge in [0, 0.05) is 0 Å². The Balaban J connectivity index is 1.76. The zero-order chi connectivity index (χ0) is 16.7. The first-order valence-corrected chi connectivity index (χ1v) is 8.17. The molecule has 0 unspecified atom stereocenters. The molecule has 1 atom stereocenters. The number of hydrazone groups is 1. The molecule has 0 bridgehead atoms. The van der Waals surface area contributed by atoms with Crippen molar-refractivity contribution in [2.45, 2.75) is 26.2 Å². The topological polar surface area (TPSA) is 63.8 Å². The van der Waals surface area contributed by atoms with E-state index in [4.69, 9.17) is 9.15 Å². The highest BCUT2D eigenvalue weighted by atomic mass is 79.9. The molecular weight excluding hydrogens is 360 g/mol. The normalized spacial score (nSPS) is 12.3. The van der Waals surface area contributed by atoms with Gasteiger partial charge in [0.1, 0.15) is 11.5 Å². The summed E-state index contributed by atoms with van der Waals surface area (Å²) in [5.41, 5.74) is 3.64. The second-order valence-electron chi connectivity index (χ2n) is 5.10. The smallest absolute Gasteiger partial charge is 0.277 e. The predicted octanol–water partition coefficient (Wildman–Crippen LogP) is 4.08. The maximum Gasteiger partial charge on any atom is 0.277 e. The molecule has 23 heavy (non-hydrogen) atoms. The Hall–Kier alpha value is -2.08. The second-order valence-corrected chi connectivity index (χ2v) is 5.88. The van der Waals surface area contributed by atoms with Crippen LogP contribution in [0.5, 0.6) is 5.75 Å².